The first-order valence-electron chi connectivity index (χ1n) is 10.1. The van der Waals surface area contributed by atoms with E-state index in [-0.39, 0.29) is 17.4 Å². The van der Waals surface area contributed by atoms with Gasteiger partial charge in [-0.2, -0.15) is 13.2 Å². The smallest absolute Gasteiger partial charge is 0.422 e. The first-order chi connectivity index (χ1) is 15.2. The third-order valence-electron chi connectivity index (χ3n) is 4.92. The van der Waals surface area contributed by atoms with Crippen LogP contribution >= 0.6 is 0 Å². The minimum absolute atomic E-state index is 0.0108. The van der Waals surface area contributed by atoms with Gasteiger partial charge in [-0.3, -0.25) is 9.69 Å². The lowest BCUT2D eigenvalue weighted by atomic mass is 10.2. The lowest BCUT2D eigenvalue weighted by molar-refractivity contribution is -0.154. The Morgan fingerprint density at radius 1 is 1.06 bits per heavy atom. The minimum Gasteiger partial charge on any atom is -0.468 e. The van der Waals surface area contributed by atoms with Crippen molar-refractivity contribution in [3.05, 3.63) is 59.8 Å². The van der Waals surface area contributed by atoms with Crippen LogP contribution in [0.15, 0.2) is 48.7 Å². The molecule has 1 aromatic carbocycles. The molecule has 0 saturated carbocycles. The number of carbonyl (C=O) groups excluding carboxylic acids is 2. The summed E-state index contributed by atoms with van der Waals surface area (Å²) in [5.41, 5.74) is 1.22. The number of carbonyl (C=O) groups is 2. The maximum absolute atomic E-state index is 12.7. The molecule has 32 heavy (non-hydrogen) atoms. The molecule has 1 fully saturated rings. The minimum atomic E-state index is -4.48. The van der Waals surface area contributed by atoms with Crippen LogP contribution in [0.3, 0.4) is 0 Å². The zero-order valence-electron chi connectivity index (χ0n) is 17.5. The summed E-state index contributed by atoms with van der Waals surface area (Å²) in [6, 6.07) is 12.4. The lowest BCUT2D eigenvalue weighted by Gasteiger charge is -2.35. The standard InChI is InChI=1S/C22H24F3N3O4/c1-16(32-21(30)18-7-8-19(26-13-18)31-15-22(23,24)25)20(29)28-11-9-27(10-12-28)14-17-5-3-2-4-6-17/h2-8,13,16H,9-12,14-15H2,1H3. The van der Waals surface area contributed by atoms with Crippen LogP contribution in [0, 0.1) is 0 Å². The molecule has 1 aliphatic rings. The second-order valence-corrected chi connectivity index (χ2v) is 7.42. The van der Waals surface area contributed by atoms with Crippen LogP contribution in [0.25, 0.3) is 0 Å². The normalized spacial score (nSPS) is 15.8. The van der Waals surface area contributed by atoms with Crippen molar-refractivity contribution in [1.29, 1.82) is 0 Å². The molecular weight excluding hydrogens is 427 g/mol. The monoisotopic (exact) mass is 451 g/mol. The molecule has 10 heteroatoms. The van der Waals surface area contributed by atoms with Crippen LogP contribution in [0.2, 0.25) is 0 Å². The van der Waals surface area contributed by atoms with E-state index < -0.39 is 24.9 Å². The predicted octanol–water partition coefficient (Wildman–Crippen LogP) is 2.91. The highest BCUT2D eigenvalue weighted by atomic mass is 19.4. The number of pyridine rings is 1. The van der Waals surface area contributed by atoms with Crippen molar-refractivity contribution in [2.75, 3.05) is 32.8 Å². The van der Waals surface area contributed by atoms with E-state index in [2.05, 4.69) is 26.8 Å². The zero-order valence-corrected chi connectivity index (χ0v) is 17.5. The highest BCUT2D eigenvalue weighted by molar-refractivity contribution is 5.92. The van der Waals surface area contributed by atoms with Crippen LogP contribution in [-0.2, 0) is 16.1 Å². The van der Waals surface area contributed by atoms with E-state index >= 15 is 0 Å². The van der Waals surface area contributed by atoms with Crippen molar-refractivity contribution in [2.45, 2.75) is 25.7 Å². The van der Waals surface area contributed by atoms with Gasteiger partial charge in [-0.1, -0.05) is 30.3 Å². The van der Waals surface area contributed by atoms with Gasteiger partial charge in [-0.05, 0) is 18.6 Å². The van der Waals surface area contributed by atoms with Crippen molar-refractivity contribution in [3.63, 3.8) is 0 Å². The number of piperazine rings is 1. The topological polar surface area (TPSA) is 72.0 Å². The number of halogens is 3. The van der Waals surface area contributed by atoms with E-state index in [1.807, 2.05) is 18.2 Å². The summed E-state index contributed by atoms with van der Waals surface area (Å²) in [6.07, 6.45) is -4.43. The Labute approximate surface area is 183 Å². The van der Waals surface area contributed by atoms with Gasteiger partial charge >= 0.3 is 12.1 Å². The van der Waals surface area contributed by atoms with E-state index in [9.17, 15) is 22.8 Å². The number of esters is 1. The van der Waals surface area contributed by atoms with Gasteiger partial charge in [0.2, 0.25) is 5.88 Å². The summed E-state index contributed by atoms with van der Waals surface area (Å²) in [5, 5.41) is 0. The Kier molecular flexibility index (Phi) is 7.68. The maximum atomic E-state index is 12.7. The molecule has 0 N–H and O–H groups in total. The lowest BCUT2D eigenvalue weighted by Crippen LogP contribution is -2.51. The van der Waals surface area contributed by atoms with Gasteiger partial charge in [0.15, 0.2) is 12.7 Å². The highest BCUT2D eigenvalue weighted by Crippen LogP contribution is 2.17. The van der Waals surface area contributed by atoms with Crippen molar-refractivity contribution in [2.24, 2.45) is 0 Å². The van der Waals surface area contributed by atoms with E-state index in [0.29, 0.717) is 26.2 Å². The molecule has 1 aromatic heterocycles. The van der Waals surface area contributed by atoms with Crippen LogP contribution < -0.4 is 4.74 Å². The number of alkyl halides is 3. The predicted molar refractivity (Wildman–Crippen MR) is 109 cm³/mol. The SMILES string of the molecule is CC(OC(=O)c1ccc(OCC(F)(F)F)nc1)C(=O)N1CCN(Cc2ccccc2)CC1. The Morgan fingerprint density at radius 2 is 1.75 bits per heavy atom. The van der Waals surface area contributed by atoms with Gasteiger partial charge in [-0.25, -0.2) is 9.78 Å². The Morgan fingerprint density at radius 3 is 2.34 bits per heavy atom. The average Bonchev–Trinajstić information content (AvgIpc) is 2.78. The van der Waals surface area contributed by atoms with Crippen LogP contribution in [0.5, 0.6) is 5.88 Å². The average molecular weight is 451 g/mol. The Hall–Kier alpha value is -3.14. The molecule has 1 amide bonds. The summed E-state index contributed by atoms with van der Waals surface area (Å²) in [7, 11) is 0. The van der Waals surface area contributed by atoms with Crippen LogP contribution in [0.4, 0.5) is 13.2 Å². The van der Waals surface area contributed by atoms with E-state index in [4.69, 9.17) is 4.74 Å². The maximum Gasteiger partial charge on any atom is 0.422 e. The Balaban J connectivity index is 1.45. The van der Waals surface area contributed by atoms with Crippen molar-refractivity contribution >= 4 is 11.9 Å². The summed E-state index contributed by atoms with van der Waals surface area (Å²) in [4.78, 5) is 32.5. The molecule has 2 heterocycles. The summed E-state index contributed by atoms with van der Waals surface area (Å²) in [6.45, 7) is 3.30. The number of hydrogen-bond acceptors (Lipinski definition) is 6. The molecule has 7 nitrogen and oxygen atoms in total. The van der Waals surface area contributed by atoms with Gasteiger partial charge in [0.05, 0.1) is 5.56 Å². The number of benzene rings is 1. The molecule has 1 saturated heterocycles. The number of amides is 1. The number of aromatic nitrogens is 1. The van der Waals surface area contributed by atoms with E-state index in [0.717, 1.165) is 18.8 Å². The zero-order chi connectivity index (χ0) is 23.1. The summed E-state index contributed by atoms with van der Waals surface area (Å²) in [5.74, 6) is -1.35. The summed E-state index contributed by atoms with van der Waals surface area (Å²) >= 11 is 0. The van der Waals surface area contributed by atoms with Gasteiger partial charge in [0.1, 0.15) is 0 Å². The molecule has 1 atom stereocenters. The second kappa shape index (κ2) is 10.4. The third-order valence-corrected chi connectivity index (χ3v) is 4.92. The largest absolute Gasteiger partial charge is 0.468 e. The number of ether oxygens (including phenoxy) is 2. The first-order valence-corrected chi connectivity index (χ1v) is 10.1. The summed E-state index contributed by atoms with van der Waals surface area (Å²) < 4.78 is 46.2. The fourth-order valence-electron chi connectivity index (χ4n) is 3.25. The second-order valence-electron chi connectivity index (χ2n) is 7.42. The van der Waals surface area contributed by atoms with E-state index in [1.165, 1.54) is 18.6 Å². The van der Waals surface area contributed by atoms with Crippen molar-refractivity contribution < 1.29 is 32.2 Å². The Bertz CT molecular complexity index is 899. The van der Waals surface area contributed by atoms with Gasteiger partial charge in [0.25, 0.3) is 5.91 Å². The molecule has 1 aliphatic heterocycles. The van der Waals surface area contributed by atoms with Crippen molar-refractivity contribution in [3.8, 4) is 5.88 Å². The molecule has 0 bridgehead atoms. The fourth-order valence-corrected chi connectivity index (χ4v) is 3.25. The molecule has 1 unspecified atom stereocenters. The van der Waals surface area contributed by atoms with E-state index in [1.54, 1.807) is 4.90 Å². The fraction of sp³-hybridized carbons (Fsp3) is 0.409. The van der Waals surface area contributed by atoms with Crippen molar-refractivity contribution in [1.82, 2.24) is 14.8 Å². The van der Waals surface area contributed by atoms with Gasteiger partial charge < -0.3 is 14.4 Å². The number of nitrogens with zero attached hydrogens (tertiary/aromatic N) is 3. The third kappa shape index (κ3) is 6.94. The number of hydrogen-bond donors (Lipinski definition) is 0. The number of rotatable bonds is 7. The van der Waals surface area contributed by atoms with Crippen LogP contribution in [-0.4, -0.2) is 71.7 Å². The molecular formula is C22H24F3N3O4. The molecule has 3 rings (SSSR count). The molecule has 2 aromatic rings. The quantitative estimate of drug-likeness (QED) is 0.603. The molecule has 172 valence electrons. The van der Waals surface area contributed by atoms with Gasteiger partial charge in [0, 0.05) is 45.0 Å². The van der Waals surface area contributed by atoms with Gasteiger partial charge in [-0.15, -0.1) is 0 Å². The molecule has 0 spiro atoms. The van der Waals surface area contributed by atoms with Crippen LogP contribution in [0.1, 0.15) is 22.8 Å². The highest BCUT2D eigenvalue weighted by Gasteiger charge is 2.29. The molecule has 0 radical (unpaired) electrons. The molecule has 0 aliphatic carbocycles. The first kappa shape index (κ1) is 23.5.